The Bertz CT molecular complexity index is 192. The Morgan fingerprint density at radius 2 is 2.14 bits per heavy atom. The molecule has 2 atom stereocenters. The average molecular weight is 198 g/mol. The third kappa shape index (κ3) is 2.10. The maximum absolute atomic E-state index is 6.16. The molecule has 0 bridgehead atoms. The summed E-state index contributed by atoms with van der Waals surface area (Å²) in [5.74, 6) is 0. The molecule has 0 aromatic rings. The third-order valence-electron chi connectivity index (χ3n) is 3.82. The fourth-order valence-corrected chi connectivity index (χ4v) is 2.58. The summed E-state index contributed by atoms with van der Waals surface area (Å²) < 4.78 is 5.44. The summed E-state index contributed by atoms with van der Waals surface area (Å²) >= 11 is 0. The molecule has 0 aromatic heterocycles. The Balaban J connectivity index is 1.74. The van der Waals surface area contributed by atoms with Gasteiger partial charge in [0.15, 0.2) is 0 Å². The molecule has 0 aliphatic heterocycles. The highest BCUT2D eigenvalue weighted by atomic mass is 16.5. The first kappa shape index (κ1) is 10.4. The van der Waals surface area contributed by atoms with Crippen molar-refractivity contribution in [2.75, 3.05) is 13.7 Å². The Hall–Kier alpha value is -0.120. The van der Waals surface area contributed by atoms with Crippen LogP contribution in [0.1, 0.15) is 38.5 Å². The van der Waals surface area contributed by atoms with Crippen LogP contribution in [0.2, 0.25) is 0 Å². The zero-order valence-corrected chi connectivity index (χ0v) is 9.09. The summed E-state index contributed by atoms with van der Waals surface area (Å²) in [5.41, 5.74) is 6.26. The number of ether oxygens (including phenoxy) is 1. The van der Waals surface area contributed by atoms with E-state index in [4.69, 9.17) is 10.5 Å². The minimum atomic E-state index is 0.0981. The van der Waals surface area contributed by atoms with Gasteiger partial charge in [0.2, 0.25) is 0 Å². The summed E-state index contributed by atoms with van der Waals surface area (Å²) in [4.78, 5) is 0. The van der Waals surface area contributed by atoms with Crippen LogP contribution in [0.4, 0.5) is 0 Å². The highest BCUT2D eigenvalue weighted by Crippen LogP contribution is 2.29. The van der Waals surface area contributed by atoms with Gasteiger partial charge in [0, 0.05) is 25.2 Å². The van der Waals surface area contributed by atoms with Crippen LogP contribution >= 0.6 is 0 Å². The summed E-state index contributed by atoms with van der Waals surface area (Å²) in [7, 11) is 1.81. The molecule has 3 heteroatoms. The van der Waals surface area contributed by atoms with Gasteiger partial charge < -0.3 is 15.8 Å². The maximum atomic E-state index is 6.16. The molecule has 14 heavy (non-hydrogen) atoms. The van der Waals surface area contributed by atoms with E-state index in [1.807, 2.05) is 7.11 Å². The molecule has 0 saturated heterocycles. The lowest BCUT2D eigenvalue weighted by atomic mass is 9.77. The smallest absolute Gasteiger partial charge is 0.0724 e. The van der Waals surface area contributed by atoms with E-state index in [2.05, 4.69) is 5.32 Å². The second kappa shape index (κ2) is 4.17. The number of nitrogens with two attached hydrogens (primary N) is 1. The van der Waals surface area contributed by atoms with Crippen molar-refractivity contribution in [1.82, 2.24) is 5.32 Å². The van der Waals surface area contributed by atoms with Crippen molar-refractivity contribution in [3.63, 3.8) is 0 Å². The molecule has 0 aromatic carbocycles. The highest BCUT2D eigenvalue weighted by molar-refractivity contribution is 4.96. The molecule has 0 spiro atoms. The first-order valence-electron chi connectivity index (χ1n) is 5.79. The predicted molar refractivity (Wildman–Crippen MR) is 57.2 cm³/mol. The lowest BCUT2D eigenvalue weighted by Gasteiger charge is -2.39. The van der Waals surface area contributed by atoms with Crippen molar-refractivity contribution in [3.05, 3.63) is 0 Å². The van der Waals surface area contributed by atoms with Crippen LogP contribution in [0.5, 0.6) is 0 Å². The van der Waals surface area contributed by atoms with Gasteiger partial charge in [-0.15, -0.1) is 0 Å². The molecule has 2 rings (SSSR count). The second-order valence-electron chi connectivity index (χ2n) is 4.91. The molecule has 2 unspecified atom stereocenters. The Morgan fingerprint density at radius 1 is 1.36 bits per heavy atom. The molecule has 2 aliphatic carbocycles. The van der Waals surface area contributed by atoms with Gasteiger partial charge in [0.1, 0.15) is 0 Å². The molecular weight excluding hydrogens is 176 g/mol. The molecule has 0 radical (unpaired) electrons. The number of hydrogen-bond donors (Lipinski definition) is 2. The van der Waals surface area contributed by atoms with E-state index in [1.165, 1.54) is 38.5 Å². The Labute approximate surface area is 86.4 Å². The van der Waals surface area contributed by atoms with Gasteiger partial charge in [-0.3, -0.25) is 0 Å². The number of methoxy groups -OCH3 is 1. The maximum Gasteiger partial charge on any atom is 0.0724 e. The molecule has 82 valence electrons. The predicted octanol–water partition coefficient (Wildman–Crippen LogP) is 1.02. The van der Waals surface area contributed by atoms with Crippen molar-refractivity contribution >= 4 is 0 Å². The van der Waals surface area contributed by atoms with E-state index < -0.39 is 0 Å². The van der Waals surface area contributed by atoms with Crippen molar-refractivity contribution < 1.29 is 4.74 Å². The number of nitrogens with one attached hydrogen (secondary N) is 1. The highest BCUT2D eigenvalue weighted by Gasteiger charge is 2.34. The molecular formula is C11H22N2O. The summed E-state index contributed by atoms with van der Waals surface area (Å²) in [6.45, 7) is 0.970. The lowest BCUT2D eigenvalue weighted by molar-refractivity contribution is 0.0803. The molecule has 0 heterocycles. The third-order valence-corrected chi connectivity index (χ3v) is 3.82. The van der Waals surface area contributed by atoms with Gasteiger partial charge in [-0.1, -0.05) is 0 Å². The fraction of sp³-hybridized carbons (Fsp3) is 1.00. The van der Waals surface area contributed by atoms with Crippen molar-refractivity contribution in [2.24, 2.45) is 5.73 Å². The SMILES string of the molecule is COC1CCCC1NCC1(N)CCC1. The van der Waals surface area contributed by atoms with Gasteiger partial charge >= 0.3 is 0 Å². The van der Waals surface area contributed by atoms with Crippen LogP contribution in [0.15, 0.2) is 0 Å². The quantitative estimate of drug-likeness (QED) is 0.709. The molecule has 3 nitrogen and oxygen atoms in total. The zero-order chi connectivity index (χ0) is 10.0. The Morgan fingerprint density at radius 3 is 2.71 bits per heavy atom. The molecule has 2 aliphatic rings. The van der Waals surface area contributed by atoms with Crippen LogP contribution in [-0.2, 0) is 4.74 Å². The zero-order valence-electron chi connectivity index (χ0n) is 9.09. The largest absolute Gasteiger partial charge is 0.380 e. The number of hydrogen-bond acceptors (Lipinski definition) is 3. The minimum Gasteiger partial charge on any atom is -0.380 e. The van der Waals surface area contributed by atoms with Crippen LogP contribution < -0.4 is 11.1 Å². The van der Waals surface area contributed by atoms with E-state index in [0.717, 1.165) is 6.54 Å². The monoisotopic (exact) mass is 198 g/mol. The van der Waals surface area contributed by atoms with Gasteiger partial charge in [-0.25, -0.2) is 0 Å². The van der Waals surface area contributed by atoms with E-state index >= 15 is 0 Å². The van der Waals surface area contributed by atoms with Crippen molar-refractivity contribution in [3.8, 4) is 0 Å². The standard InChI is InChI=1S/C11H22N2O/c1-14-10-5-2-4-9(10)13-8-11(12)6-3-7-11/h9-10,13H,2-8,12H2,1H3. The van der Waals surface area contributed by atoms with Crippen LogP contribution in [0.3, 0.4) is 0 Å². The van der Waals surface area contributed by atoms with E-state index in [0.29, 0.717) is 12.1 Å². The second-order valence-corrected chi connectivity index (χ2v) is 4.91. The molecule has 3 N–H and O–H groups in total. The topological polar surface area (TPSA) is 47.3 Å². The van der Waals surface area contributed by atoms with Crippen LogP contribution in [0.25, 0.3) is 0 Å². The van der Waals surface area contributed by atoms with Gasteiger partial charge in [0.25, 0.3) is 0 Å². The number of rotatable bonds is 4. The Kier molecular flexibility index (Phi) is 3.10. The summed E-state index contributed by atoms with van der Waals surface area (Å²) in [5, 5.41) is 3.58. The van der Waals surface area contributed by atoms with Crippen LogP contribution in [-0.4, -0.2) is 31.3 Å². The van der Waals surface area contributed by atoms with E-state index in [9.17, 15) is 0 Å². The molecule has 2 fully saturated rings. The van der Waals surface area contributed by atoms with Crippen LogP contribution in [0, 0.1) is 0 Å². The molecule has 0 amide bonds. The first-order chi connectivity index (χ1) is 6.73. The normalized spacial score (nSPS) is 35.6. The van der Waals surface area contributed by atoms with Gasteiger partial charge in [-0.05, 0) is 38.5 Å². The van der Waals surface area contributed by atoms with Crippen molar-refractivity contribution in [2.45, 2.75) is 56.2 Å². The van der Waals surface area contributed by atoms with E-state index in [1.54, 1.807) is 0 Å². The van der Waals surface area contributed by atoms with Gasteiger partial charge in [-0.2, -0.15) is 0 Å². The summed E-state index contributed by atoms with van der Waals surface area (Å²) in [6, 6.07) is 0.543. The minimum absolute atomic E-state index is 0.0981. The fourth-order valence-electron chi connectivity index (χ4n) is 2.58. The average Bonchev–Trinajstić information content (AvgIpc) is 2.58. The molecule has 2 saturated carbocycles. The van der Waals surface area contributed by atoms with Gasteiger partial charge in [0.05, 0.1) is 6.10 Å². The first-order valence-corrected chi connectivity index (χ1v) is 5.79. The van der Waals surface area contributed by atoms with E-state index in [-0.39, 0.29) is 5.54 Å². The lowest BCUT2D eigenvalue weighted by Crippen LogP contribution is -2.56. The summed E-state index contributed by atoms with van der Waals surface area (Å²) in [6.07, 6.45) is 7.82. The van der Waals surface area contributed by atoms with Crippen molar-refractivity contribution in [1.29, 1.82) is 0 Å².